The van der Waals surface area contributed by atoms with Crippen molar-refractivity contribution < 1.29 is 14.3 Å². The molecule has 2 atom stereocenters. The molecule has 0 N–H and O–H groups in total. The van der Waals surface area contributed by atoms with Crippen molar-refractivity contribution in [3.05, 3.63) is 59.2 Å². The largest absolute Gasteiger partial charge is 0.497 e. The van der Waals surface area contributed by atoms with Crippen LogP contribution in [0.2, 0.25) is 0 Å². The number of aryl methyl sites for hydroxylation is 1. The number of hydrogen-bond acceptors (Lipinski definition) is 5. The van der Waals surface area contributed by atoms with E-state index in [1.807, 2.05) is 46.8 Å². The van der Waals surface area contributed by atoms with Gasteiger partial charge in [0.25, 0.3) is 0 Å². The van der Waals surface area contributed by atoms with Gasteiger partial charge in [0.15, 0.2) is 0 Å². The Morgan fingerprint density at radius 3 is 2.81 bits per heavy atom. The van der Waals surface area contributed by atoms with Gasteiger partial charge in [-0.2, -0.15) is 0 Å². The number of benzene rings is 1. The van der Waals surface area contributed by atoms with Crippen LogP contribution in [-0.2, 0) is 11.8 Å². The summed E-state index contributed by atoms with van der Waals surface area (Å²) >= 11 is 3.40. The normalized spacial score (nSPS) is 17.2. The van der Waals surface area contributed by atoms with Gasteiger partial charge >= 0.3 is 0 Å². The van der Waals surface area contributed by atoms with E-state index in [2.05, 4.69) is 39.4 Å². The van der Waals surface area contributed by atoms with E-state index < -0.39 is 0 Å². The maximum Gasteiger partial charge on any atom is 0.246 e. The van der Waals surface area contributed by atoms with E-state index in [-0.39, 0.29) is 17.7 Å². The molecule has 0 saturated carbocycles. The average molecular weight is 485 g/mol. The Bertz CT molecular complexity index is 1130. The number of halogens is 1. The number of hydrogen-bond donors (Lipinski definition) is 0. The molecular formula is C23H25BrN4O3. The minimum Gasteiger partial charge on any atom is -0.497 e. The van der Waals surface area contributed by atoms with Crippen LogP contribution in [0.15, 0.2) is 53.6 Å². The number of fused-ring (bicyclic) bond motifs is 1. The number of nitrogens with zero attached hydrogens (tertiary/aromatic N) is 4. The highest BCUT2D eigenvalue weighted by molar-refractivity contribution is 9.10. The lowest BCUT2D eigenvalue weighted by Crippen LogP contribution is -2.29. The standard InChI is InChI=1S/C23H25BrN4O3/c1-14(16-5-7-18(30-4)8-6-16)11-28-12-17(9-21(28)29)15(2)31-23-22-19(10-20(24)26-23)25-13-27(22)3/h5-8,10,13-14,17H,2,9,11-12H2,1,3-4H3/t14-,17+/m0/s1. The number of amides is 1. The van der Waals surface area contributed by atoms with Gasteiger partial charge in [-0.25, -0.2) is 9.97 Å². The Morgan fingerprint density at radius 1 is 1.35 bits per heavy atom. The van der Waals surface area contributed by atoms with Crippen molar-refractivity contribution in [2.45, 2.75) is 19.3 Å². The maximum absolute atomic E-state index is 12.7. The van der Waals surface area contributed by atoms with Crippen LogP contribution in [0.25, 0.3) is 11.0 Å². The van der Waals surface area contributed by atoms with E-state index in [0.29, 0.717) is 35.8 Å². The van der Waals surface area contributed by atoms with Crippen LogP contribution in [0, 0.1) is 5.92 Å². The number of aromatic nitrogens is 3. The van der Waals surface area contributed by atoms with Crippen LogP contribution >= 0.6 is 15.9 Å². The average Bonchev–Trinajstić information content (AvgIpc) is 3.30. The zero-order chi connectivity index (χ0) is 22.1. The van der Waals surface area contributed by atoms with Crippen LogP contribution in [0.3, 0.4) is 0 Å². The van der Waals surface area contributed by atoms with Crippen molar-refractivity contribution in [1.29, 1.82) is 0 Å². The Kier molecular flexibility index (Phi) is 6.00. The lowest BCUT2D eigenvalue weighted by molar-refractivity contribution is -0.127. The summed E-state index contributed by atoms with van der Waals surface area (Å²) in [6.45, 7) is 7.46. The van der Waals surface area contributed by atoms with Gasteiger partial charge in [0.1, 0.15) is 21.6 Å². The molecule has 1 amide bonds. The molecular weight excluding hydrogens is 460 g/mol. The fourth-order valence-electron chi connectivity index (χ4n) is 3.92. The maximum atomic E-state index is 12.7. The van der Waals surface area contributed by atoms with Crippen molar-refractivity contribution in [2.24, 2.45) is 13.0 Å². The number of ether oxygens (including phenoxy) is 2. The fourth-order valence-corrected chi connectivity index (χ4v) is 4.30. The molecule has 8 heteroatoms. The predicted octanol–water partition coefficient (Wildman–Crippen LogP) is 4.28. The number of carbonyl (C=O) groups is 1. The molecule has 4 rings (SSSR count). The zero-order valence-electron chi connectivity index (χ0n) is 17.8. The van der Waals surface area contributed by atoms with Crippen LogP contribution in [0.4, 0.5) is 0 Å². The highest BCUT2D eigenvalue weighted by Crippen LogP contribution is 2.32. The molecule has 162 valence electrons. The topological polar surface area (TPSA) is 69.5 Å². The number of imidazole rings is 1. The molecule has 3 aromatic rings. The van der Waals surface area contributed by atoms with Gasteiger partial charge in [0.2, 0.25) is 11.8 Å². The van der Waals surface area contributed by atoms with Crippen molar-refractivity contribution in [3.63, 3.8) is 0 Å². The van der Waals surface area contributed by atoms with E-state index in [4.69, 9.17) is 9.47 Å². The fraction of sp³-hybridized carbons (Fsp3) is 0.348. The van der Waals surface area contributed by atoms with E-state index in [9.17, 15) is 4.79 Å². The third-order valence-corrected chi connectivity index (χ3v) is 6.12. The minimum atomic E-state index is -0.0837. The summed E-state index contributed by atoms with van der Waals surface area (Å²) in [6, 6.07) is 9.82. The van der Waals surface area contributed by atoms with E-state index >= 15 is 0 Å². The lowest BCUT2D eigenvalue weighted by atomic mass is 10.0. The van der Waals surface area contributed by atoms with Gasteiger partial charge in [-0.3, -0.25) is 4.79 Å². The van der Waals surface area contributed by atoms with Gasteiger partial charge in [-0.05, 0) is 45.6 Å². The van der Waals surface area contributed by atoms with Crippen LogP contribution in [-0.4, -0.2) is 45.5 Å². The number of likely N-dealkylation sites (tertiary alicyclic amines) is 1. The summed E-state index contributed by atoms with van der Waals surface area (Å²) in [5.41, 5.74) is 2.74. The first-order valence-corrected chi connectivity index (χ1v) is 10.9. The number of rotatable bonds is 7. The van der Waals surface area contributed by atoms with E-state index in [0.717, 1.165) is 16.8 Å². The second kappa shape index (κ2) is 8.70. The molecule has 0 radical (unpaired) electrons. The Morgan fingerprint density at radius 2 is 2.10 bits per heavy atom. The molecule has 0 unspecified atom stereocenters. The Hall–Kier alpha value is -2.87. The summed E-state index contributed by atoms with van der Waals surface area (Å²) in [4.78, 5) is 23.4. The molecule has 0 aliphatic carbocycles. The number of methoxy groups -OCH3 is 1. The first-order valence-electron chi connectivity index (χ1n) is 10.1. The summed E-state index contributed by atoms with van der Waals surface area (Å²) in [7, 11) is 3.54. The monoisotopic (exact) mass is 484 g/mol. The number of carbonyl (C=O) groups excluding carboxylic acids is 1. The van der Waals surface area contributed by atoms with Gasteiger partial charge < -0.3 is 18.9 Å². The second-order valence-electron chi connectivity index (χ2n) is 7.92. The third kappa shape index (κ3) is 4.44. The quantitative estimate of drug-likeness (QED) is 0.369. The van der Waals surface area contributed by atoms with Crippen molar-refractivity contribution in [3.8, 4) is 11.6 Å². The molecule has 1 aromatic carbocycles. The molecule has 1 saturated heterocycles. The van der Waals surface area contributed by atoms with Gasteiger partial charge in [0.05, 0.1) is 19.0 Å². The molecule has 2 aromatic heterocycles. The van der Waals surface area contributed by atoms with Crippen molar-refractivity contribution >= 4 is 32.9 Å². The third-order valence-electron chi connectivity index (χ3n) is 5.71. The molecule has 1 fully saturated rings. The lowest BCUT2D eigenvalue weighted by Gasteiger charge is -2.22. The van der Waals surface area contributed by atoms with Gasteiger partial charge in [0, 0.05) is 32.5 Å². The molecule has 7 nitrogen and oxygen atoms in total. The van der Waals surface area contributed by atoms with E-state index in [1.165, 1.54) is 5.56 Å². The van der Waals surface area contributed by atoms with Crippen LogP contribution < -0.4 is 9.47 Å². The summed E-state index contributed by atoms with van der Waals surface area (Å²) < 4.78 is 13.8. The molecule has 31 heavy (non-hydrogen) atoms. The zero-order valence-corrected chi connectivity index (χ0v) is 19.4. The Labute approximate surface area is 189 Å². The van der Waals surface area contributed by atoms with E-state index in [1.54, 1.807) is 13.4 Å². The first-order chi connectivity index (χ1) is 14.9. The first kappa shape index (κ1) is 21.4. The predicted molar refractivity (Wildman–Crippen MR) is 122 cm³/mol. The van der Waals surface area contributed by atoms with Crippen molar-refractivity contribution in [1.82, 2.24) is 19.4 Å². The Balaban J connectivity index is 1.43. The van der Waals surface area contributed by atoms with Gasteiger partial charge in [-0.1, -0.05) is 25.6 Å². The summed E-state index contributed by atoms with van der Waals surface area (Å²) in [5, 5.41) is 0. The molecule has 1 aliphatic heterocycles. The smallest absolute Gasteiger partial charge is 0.246 e. The molecule has 1 aliphatic rings. The number of pyridine rings is 1. The van der Waals surface area contributed by atoms with Gasteiger partial charge in [-0.15, -0.1) is 0 Å². The highest BCUT2D eigenvalue weighted by Gasteiger charge is 2.33. The van der Waals surface area contributed by atoms with Crippen molar-refractivity contribution in [2.75, 3.05) is 20.2 Å². The molecule has 3 heterocycles. The summed E-state index contributed by atoms with van der Waals surface area (Å²) in [5.74, 6) is 2.05. The minimum absolute atomic E-state index is 0.0837. The SMILES string of the molecule is C=C(Oc1nc(Br)cc2ncn(C)c12)[C@@H]1CC(=O)N(C[C@H](C)c2ccc(OC)cc2)C1. The molecule has 0 spiro atoms. The second-order valence-corrected chi connectivity index (χ2v) is 8.73. The molecule has 0 bridgehead atoms. The van der Waals surface area contributed by atoms with Crippen LogP contribution in [0.5, 0.6) is 11.6 Å². The highest BCUT2D eigenvalue weighted by atomic mass is 79.9. The summed E-state index contributed by atoms with van der Waals surface area (Å²) in [6.07, 6.45) is 2.10. The van der Waals surface area contributed by atoms with Crippen LogP contribution in [0.1, 0.15) is 24.8 Å².